The van der Waals surface area contributed by atoms with Crippen LogP contribution in [0.5, 0.6) is 0 Å². The molecule has 0 unspecified atom stereocenters. The molecule has 38 heavy (non-hydrogen) atoms. The Hall–Kier alpha value is -3.54. The van der Waals surface area contributed by atoms with Crippen molar-refractivity contribution in [3.63, 3.8) is 0 Å². The first-order valence-corrected chi connectivity index (χ1v) is 13.8. The minimum Gasteiger partial charge on any atom is -0.0777 e. The Morgan fingerprint density at radius 2 is 0.474 bits per heavy atom. The van der Waals surface area contributed by atoms with Crippen molar-refractivity contribution in [2.45, 2.75) is 0 Å². The van der Waals surface area contributed by atoms with Crippen LogP contribution in [0, 0.1) is 0 Å². The first kappa shape index (κ1) is 24.8. The van der Waals surface area contributed by atoms with Gasteiger partial charge in [0.1, 0.15) is 0 Å². The van der Waals surface area contributed by atoms with Crippen molar-refractivity contribution in [1.29, 1.82) is 0 Å². The summed E-state index contributed by atoms with van der Waals surface area (Å²) in [5.41, 5.74) is 10.6. The third-order valence-corrected chi connectivity index (χ3v) is 8.84. The van der Waals surface area contributed by atoms with E-state index in [1.54, 1.807) is 0 Å². The molecule has 6 rings (SSSR count). The topological polar surface area (TPSA) is 0 Å². The highest BCUT2D eigenvalue weighted by Crippen LogP contribution is 2.56. The van der Waals surface area contributed by atoms with E-state index in [4.69, 9.17) is 48.9 Å². The summed E-state index contributed by atoms with van der Waals surface area (Å²) in [4.78, 5) is 2.12. The van der Waals surface area contributed by atoms with Crippen LogP contribution in [-0.2, 0) is 0 Å². The molecule has 0 saturated heterocycles. The predicted octanol–water partition coefficient (Wildman–Crippen LogP) is 9.01. The molecule has 0 heterocycles. The van der Waals surface area contributed by atoms with Gasteiger partial charge in [0.2, 0.25) is 0 Å². The first-order valence-electron chi connectivity index (χ1n) is 12.2. The van der Waals surface area contributed by atoms with Crippen molar-refractivity contribution < 1.29 is 0 Å². The lowest BCUT2D eigenvalue weighted by molar-refractivity contribution is 1.56. The Morgan fingerprint density at radius 3 is 0.737 bits per heavy atom. The molecule has 0 amide bonds. The zero-order valence-electron chi connectivity index (χ0n) is 20.2. The minimum absolute atomic E-state index is 0.497. The lowest BCUT2D eigenvalue weighted by Crippen LogP contribution is -2.08. The Kier molecular flexibility index (Phi) is 6.73. The Bertz CT molecular complexity index is 1590. The lowest BCUT2D eigenvalue weighted by Gasteiger charge is -2.16. The molecule has 0 bridgehead atoms. The van der Waals surface area contributed by atoms with Crippen molar-refractivity contribution in [2.75, 3.05) is 0 Å². The van der Waals surface area contributed by atoms with Gasteiger partial charge >= 0.3 is 0 Å². The van der Waals surface area contributed by atoms with Crippen molar-refractivity contribution in [3.05, 3.63) is 155 Å². The Labute approximate surface area is 244 Å². The number of thiocarbonyl (C=S) groups is 4. The summed E-state index contributed by atoms with van der Waals surface area (Å²) in [6.45, 7) is 0. The third-order valence-electron chi connectivity index (χ3n) is 6.82. The van der Waals surface area contributed by atoms with E-state index < -0.39 is 0 Å². The fourth-order valence-electron chi connectivity index (χ4n) is 5.21. The van der Waals surface area contributed by atoms with Crippen LogP contribution in [0.25, 0.3) is 22.3 Å². The summed E-state index contributed by atoms with van der Waals surface area (Å²) in [5, 5.41) is 0. The van der Waals surface area contributed by atoms with Crippen molar-refractivity contribution in [2.24, 2.45) is 0 Å². The minimum atomic E-state index is 0.497. The molecule has 0 spiro atoms. The summed E-state index contributed by atoms with van der Waals surface area (Å²) in [6, 6.07) is 42.0. The Balaban J connectivity index is 1.86. The summed E-state index contributed by atoms with van der Waals surface area (Å²) < 4.78 is 0. The van der Waals surface area contributed by atoms with Crippen LogP contribution in [0.1, 0.15) is 22.3 Å². The number of rotatable bonds is 4. The van der Waals surface area contributed by atoms with E-state index in [1.807, 2.05) is 24.3 Å². The van der Waals surface area contributed by atoms with E-state index in [1.165, 1.54) is 0 Å². The van der Waals surface area contributed by atoms with E-state index in [2.05, 4.69) is 97.1 Å². The summed E-state index contributed by atoms with van der Waals surface area (Å²) in [5.74, 6) is 0. The second-order valence-corrected chi connectivity index (χ2v) is 10.7. The molecular formula is C34H20S4. The molecule has 0 N–H and O–H groups in total. The first-order chi connectivity index (χ1) is 18.6. The number of allylic oxidation sites excluding steroid dienone is 6. The molecular weight excluding hydrogens is 537 g/mol. The van der Waals surface area contributed by atoms with Gasteiger partial charge in [-0.3, -0.25) is 0 Å². The van der Waals surface area contributed by atoms with Crippen molar-refractivity contribution in [1.82, 2.24) is 0 Å². The smallest absolute Gasteiger partial charge is 0.0760 e. The average Bonchev–Trinajstić information content (AvgIpc) is 3.42. The normalized spacial score (nSPS) is 15.8. The molecule has 180 valence electrons. The lowest BCUT2D eigenvalue weighted by atomic mass is 9.87. The summed E-state index contributed by atoms with van der Waals surface area (Å²) in [7, 11) is 0. The maximum absolute atomic E-state index is 5.95. The monoisotopic (exact) mass is 556 g/mol. The fourth-order valence-corrected chi connectivity index (χ4v) is 6.43. The second-order valence-electron chi connectivity index (χ2n) is 9.03. The number of benzene rings is 4. The van der Waals surface area contributed by atoms with Crippen LogP contribution in [0.4, 0.5) is 0 Å². The van der Waals surface area contributed by atoms with E-state index >= 15 is 0 Å². The molecule has 0 nitrogen and oxygen atoms in total. The number of hydrogen-bond donors (Lipinski definition) is 0. The van der Waals surface area contributed by atoms with Crippen LogP contribution in [0.2, 0.25) is 0 Å². The zero-order chi connectivity index (χ0) is 26.2. The summed E-state index contributed by atoms with van der Waals surface area (Å²) in [6.07, 6.45) is 0. The van der Waals surface area contributed by atoms with Crippen molar-refractivity contribution in [3.8, 4) is 0 Å². The maximum Gasteiger partial charge on any atom is 0.0760 e. The van der Waals surface area contributed by atoms with E-state index in [0.717, 1.165) is 55.7 Å². The van der Waals surface area contributed by atoms with Crippen molar-refractivity contribution >= 4 is 90.6 Å². The van der Waals surface area contributed by atoms with Gasteiger partial charge in [-0.05, 0) is 44.5 Å². The average molecular weight is 557 g/mol. The largest absolute Gasteiger partial charge is 0.0777 e. The van der Waals surface area contributed by atoms with Gasteiger partial charge in [-0.2, -0.15) is 0 Å². The molecule has 0 atom stereocenters. The van der Waals surface area contributed by atoms with Crippen LogP contribution in [-0.4, -0.2) is 19.5 Å². The van der Waals surface area contributed by atoms with E-state index in [-0.39, 0.29) is 0 Å². The molecule has 1 saturated carbocycles. The molecule has 4 aromatic carbocycles. The van der Waals surface area contributed by atoms with Gasteiger partial charge in [-0.15, -0.1) is 0 Å². The highest BCUT2D eigenvalue weighted by atomic mass is 32.1. The van der Waals surface area contributed by atoms with Gasteiger partial charge in [0.05, 0.1) is 19.5 Å². The van der Waals surface area contributed by atoms with Crippen LogP contribution in [0.15, 0.2) is 132 Å². The van der Waals surface area contributed by atoms with E-state index in [0.29, 0.717) is 19.5 Å². The molecule has 0 radical (unpaired) electrons. The fraction of sp³-hybridized carbons (Fsp3) is 0. The summed E-state index contributed by atoms with van der Waals surface area (Å²) >= 11 is 23.3. The van der Waals surface area contributed by atoms with Crippen LogP contribution < -0.4 is 0 Å². The number of hydrogen-bond acceptors (Lipinski definition) is 4. The third kappa shape index (κ3) is 4.11. The quantitative estimate of drug-likeness (QED) is 0.182. The van der Waals surface area contributed by atoms with Gasteiger partial charge in [0.25, 0.3) is 0 Å². The molecule has 1 fully saturated rings. The van der Waals surface area contributed by atoms with Gasteiger partial charge in [-0.25, -0.2) is 0 Å². The van der Waals surface area contributed by atoms with Gasteiger partial charge in [0.15, 0.2) is 0 Å². The SMILES string of the molecule is S=C1C(=S)C(=S)C(=C2C(c3ccccc3)=C(c3ccccc3)C(c3ccccc3)=C2c2ccccc2)C1=S. The molecule has 2 aliphatic carbocycles. The van der Waals surface area contributed by atoms with Gasteiger partial charge in [0, 0.05) is 11.1 Å². The highest BCUT2D eigenvalue weighted by molar-refractivity contribution is 8.00. The highest BCUT2D eigenvalue weighted by Gasteiger charge is 2.40. The van der Waals surface area contributed by atoms with E-state index in [9.17, 15) is 0 Å². The van der Waals surface area contributed by atoms with Crippen LogP contribution in [0.3, 0.4) is 0 Å². The molecule has 4 aromatic rings. The molecule has 0 aromatic heterocycles. The molecule has 2 aliphatic rings. The van der Waals surface area contributed by atoms with Gasteiger partial charge in [-0.1, -0.05) is 170 Å². The second kappa shape index (κ2) is 10.3. The molecule has 4 heteroatoms. The standard InChI is InChI=1S/C34H20S4/c35-31-30(32(36)34(38)33(31)37)29-27(23-17-9-3-10-18-23)25(21-13-5-1-6-14-21)26(22-15-7-2-8-16-22)28(29)24-19-11-4-12-20-24/h1-20H. The van der Waals surface area contributed by atoms with Gasteiger partial charge < -0.3 is 0 Å². The maximum atomic E-state index is 5.95. The zero-order valence-corrected chi connectivity index (χ0v) is 23.4. The molecule has 0 aliphatic heterocycles. The Morgan fingerprint density at radius 1 is 0.237 bits per heavy atom. The predicted molar refractivity (Wildman–Crippen MR) is 177 cm³/mol. The van der Waals surface area contributed by atoms with Crippen LogP contribution >= 0.6 is 48.9 Å².